The number of aromatic nitrogens is 2. The van der Waals surface area contributed by atoms with Gasteiger partial charge in [0.15, 0.2) is 0 Å². The zero-order chi connectivity index (χ0) is 18.0. The second kappa shape index (κ2) is 7.35. The maximum Gasteiger partial charge on any atom is 0.326 e. The molecule has 1 heterocycles. The molecule has 0 atom stereocenters. The average molecular weight is 397 g/mol. The van der Waals surface area contributed by atoms with E-state index in [4.69, 9.17) is 34.8 Å². The lowest BCUT2D eigenvalue weighted by Crippen LogP contribution is -2.24. The molecule has 5 nitrogen and oxygen atoms in total. The Bertz CT molecular complexity index is 957. The minimum absolute atomic E-state index is 0.163. The smallest absolute Gasteiger partial charge is 0.318 e. The molecule has 0 saturated heterocycles. The summed E-state index contributed by atoms with van der Waals surface area (Å²) < 4.78 is 1.34. The highest BCUT2D eigenvalue weighted by Gasteiger charge is 2.18. The number of anilines is 1. The predicted molar refractivity (Wildman–Crippen MR) is 100 cm³/mol. The summed E-state index contributed by atoms with van der Waals surface area (Å²) in [6, 6.07) is 12.3. The second-order valence-electron chi connectivity index (χ2n) is 5.25. The van der Waals surface area contributed by atoms with E-state index in [0.29, 0.717) is 5.02 Å². The third-order valence-corrected chi connectivity index (χ3v) is 4.34. The normalized spacial score (nSPS) is 10.7. The molecule has 25 heavy (non-hydrogen) atoms. The number of halogens is 3. The van der Waals surface area contributed by atoms with Crippen molar-refractivity contribution in [1.29, 1.82) is 0 Å². The molecule has 8 heteroatoms. The second-order valence-corrected chi connectivity index (χ2v) is 6.50. The molecule has 2 aromatic carbocycles. The van der Waals surface area contributed by atoms with E-state index in [9.17, 15) is 9.59 Å². The van der Waals surface area contributed by atoms with Gasteiger partial charge in [-0.1, -0.05) is 65.1 Å². The molecule has 0 aliphatic heterocycles. The summed E-state index contributed by atoms with van der Waals surface area (Å²) in [5, 5.41) is 3.39. The van der Waals surface area contributed by atoms with Crippen LogP contribution in [0.5, 0.6) is 0 Å². The van der Waals surface area contributed by atoms with Gasteiger partial charge in [0.1, 0.15) is 5.69 Å². The number of aromatic amines is 1. The highest BCUT2D eigenvalue weighted by molar-refractivity contribution is 6.42. The monoisotopic (exact) mass is 395 g/mol. The van der Waals surface area contributed by atoms with Crippen molar-refractivity contribution >= 4 is 46.4 Å². The Labute approximate surface area is 158 Å². The molecule has 3 rings (SSSR count). The van der Waals surface area contributed by atoms with E-state index < -0.39 is 5.91 Å². The lowest BCUT2D eigenvalue weighted by Gasteiger charge is -2.11. The lowest BCUT2D eigenvalue weighted by atomic mass is 10.2. The summed E-state index contributed by atoms with van der Waals surface area (Å²) in [5.41, 5.74) is 0.900. The molecule has 0 aliphatic carbocycles. The van der Waals surface area contributed by atoms with Crippen molar-refractivity contribution in [3.05, 3.63) is 85.5 Å². The van der Waals surface area contributed by atoms with Crippen molar-refractivity contribution in [2.75, 3.05) is 5.32 Å². The van der Waals surface area contributed by atoms with E-state index in [0.717, 1.165) is 5.56 Å². The summed E-state index contributed by atoms with van der Waals surface area (Å²) in [7, 11) is 0. The molecule has 0 bridgehead atoms. The third-order valence-electron chi connectivity index (χ3n) is 3.53. The first-order chi connectivity index (χ1) is 12.0. The first kappa shape index (κ1) is 17.6. The number of nitrogens with zero attached hydrogens (tertiary/aromatic N) is 1. The van der Waals surface area contributed by atoms with Gasteiger partial charge >= 0.3 is 5.69 Å². The van der Waals surface area contributed by atoms with Crippen molar-refractivity contribution in [3.8, 4) is 0 Å². The van der Waals surface area contributed by atoms with Gasteiger partial charge in [-0.15, -0.1) is 0 Å². The summed E-state index contributed by atoms with van der Waals surface area (Å²) in [6.45, 7) is 0.258. The molecule has 0 fully saturated rings. The summed E-state index contributed by atoms with van der Waals surface area (Å²) >= 11 is 18.0. The highest BCUT2D eigenvalue weighted by atomic mass is 35.5. The van der Waals surface area contributed by atoms with Gasteiger partial charge in [-0.25, -0.2) is 4.79 Å². The zero-order valence-corrected chi connectivity index (χ0v) is 15.0. The van der Waals surface area contributed by atoms with Crippen LogP contribution >= 0.6 is 34.8 Å². The number of benzene rings is 2. The van der Waals surface area contributed by atoms with E-state index >= 15 is 0 Å². The maximum absolute atomic E-state index is 12.6. The van der Waals surface area contributed by atoms with Crippen molar-refractivity contribution in [2.45, 2.75) is 6.54 Å². The van der Waals surface area contributed by atoms with Gasteiger partial charge in [-0.05, 0) is 17.7 Å². The standard InChI is InChI=1S/C17H12Cl3N3O2/c18-11-6-12(19)15(13(20)7-11)22-16(24)14-8-21-17(25)23(14)9-10-4-2-1-3-5-10/h1-8H,9H2,(H,21,25)(H,22,24). The largest absolute Gasteiger partial charge is 0.326 e. The van der Waals surface area contributed by atoms with Crippen LogP contribution in [-0.2, 0) is 6.54 Å². The van der Waals surface area contributed by atoms with Crippen molar-refractivity contribution in [2.24, 2.45) is 0 Å². The number of carbonyl (C=O) groups excluding carboxylic acids is 1. The van der Waals surface area contributed by atoms with Crippen molar-refractivity contribution in [3.63, 3.8) is 0 Å². The molecule has 1 aromatic heterocycles. The number of hydrogen-bond acceptors (Lipinski definition) is 2. The van der Waals surface area contributed by atoms with Gasteiger partial charge in [-0.3, -0.25) is 9.36 Å². The van der Waals surface area contributed by atoms with Crippen LogP contribution in [0, 0.1) is 0 Å². The molecule has 0 saturated carbocycles. The van der Waals surface area contributed by atoms with Crippen LogP contribution in [0.25, 0.3) is 0 Å². The summed E-state index contributed by atoms with van der Waals surface area (Å²) in [6.07, 6.45) is 1.35. The Kier molecular flexibility index (Phi) is 5.18. The Morgan fingerprint density at radius 3 is 2.36 bits per heavy atom. The Balaban J connectivity index is 1.90. The number of hydrogen-bond donors (Lipinski definition) is 2. The Morgan fingerprint density at radius 2 is 1.72 bits per heavy atom. The number of imidazole rings is 1. The summed E-state index contributed by atoms with van der Waals surface area (Å²) in [5.74, 6) is -0.514. The Hall–Kier alpha value is -2.21. The Morgan fingerprint density at radius 1 is 1.08 bits per heavy atom. The van der Waals surface area contributed by atoms with Crippen LogP contribution < -0.4 is 11.0 Å². The fourth-order valence-corrected chi connectivity index (χ4v) is 3.26. The van der Waals surface area contributed by atoms with Gasteiger partial charge in [-0.2, -0.15) is 0 Å². The van der Waals surface area contributed by atoms with Gasteiger partial charge in [0.05, 0.1) is 22.3 Å². The maximum atomic E-state index is 12.6. The first-order valence-corrected chi connectivity index (χ1v) is 8.37. The van der Waals surface area contributed by atoms with Crippen LogP contribution in [0.3, 0.4) is 0 Å². The highest BCUT2D eigenvalue weighted by Crippen LogP contribution is 2.33. The van der Waals surface area contributed by atoms with E-state index in [1.165, 1.54) is 22.9 Å². The molecular weight excluding hydrogens is 385 g/mol. The third kappa shape index (κ3) is 3.90. The summed E-state index contributed by atoms with van der Waals surface area (Å²) in [4.78, 5) is 27.1. The lowest BCUT2D eigenvalue weighted by molar-refractivity contribution is 0.101. The van der Waals surface area contributed by atoms with E-state index in [1.807, 2.05) is 30.3 Å². The molecular formula is C17H12Cl3N3O2. The van der Waals surface area contributed by atoms with E-state index in [2.05, 4.69) is 10.3 Å². The molecule has 1 amide bonds. The number of H-pyrrole nitrogens is 1. The van der Waals surface area contributed by atoms with Gasteiger partial charge in [0.2, 0.25) is 0 Å². The average Bonchev–Trinajstić information content (AvgIpc) is 2.93. The minimum Gasteiger partial charge on any atom is -0.318 e. The molecule has 128 valence electrons. The number of rotatable bonds is 4. The van der Waals surface area contributed by atoms with Crippen LogP contribution in [-0.4, -0.2) is 15.5 Å². The van der Waals surface area contributed by atoms with Crippen LogP contribution in [0.15, 0.2) is 53.5 Å². The van der Waals surface area contributed by atoms with Gasteiger partial charge in [0, 0.05) is 11.2 Å². The van der Waals surface area contributed by atoms with Gasteiger partial charge in [0.25, 0.3) is 5.91 Å². The van der Waals surface area contributed by atoms with Crippen LogP contribution in [0.4, 0.5) is 5.69 Å². The molecule has 0 aliphatic rings. The van der Waals surface area contributed by atoms with Crippen molar-refractivity contribution < 1.29 is 4.79 Å². The van der Waals surface area contributed by atoms with Crippen LogP contribution in [0.2, 0.25) is 15.1 Å². The number of nitrogens with one attached hydrogen (secondary N) is 2. The van der Waals surface area contributed by atoms with E-state index in [-0.39, 0.29) is 33.7 Å². The molecule has 3 aromatic rings. The molecule has 0 unspecified atom stereocenters. The minimum atomic E-state index is -0.514. The first-order valence-electron chi connectivity index (χ1n) is 7.23. The van der Waals surface area contributed by atoms with Crippen LogP contribution in [0.1, 0.15) is 16.1 Å². The number of amides is 1. The quantitative estimate of drug-likeness (QED) is 0.685. The van der Waals surface area contributed by atoms with E-state index in [1.54, 1.807) is 0 Å². The molecule has 0 radical (unpaired) electrons. The fraction of sp³-hybridized carbons (Fsp3) is 0.0588. The number of carbonyl (C=O) groups is 1. The van der Waals surface area contributed by atoms with Gasteiger partial charge < -0.3 is 10.3 Å². The zero-order valence-electron chi connectivity index (χ0n) is 12.7. The SMILES string of the molecule is O=C(Nc1c(Cl)cc(Cl)cc1Cl)c1c[nH]c(=O)n1Cc1ccccc1. The fourth-order valence-electron chi connectivity index (χ4n) is 2.35. The molecule has 2 N–H and O–H groups in total. The predicted octanol–water partition coefficient (Wildman–Crippen LogP) is 4.44. The van der Waals surface area contributed by atoms with Crippen molar-refractivity contribution in [1.82, 2.24) is 9.55 Å². The topological polar surface area (TPSA) is 66.9 Å². The molecule has 0 spiro atoms.